The first kappa shape index (κ1) is 53.7. The Labute approximate surface area is 491 Å². The summed E-state index contributed by atoms with van der Waals surface area (Å²) in [6.07, 6.45) is 7.34. The van der Waals surface area contributed by atoms with E-state index in [1.165, 1.54) is 136 Å². The molecule has 2 unspecified atom stereocenters. The molecule has 9 aromatic rings. The fourth-order valence-electron chi connectivity index (χ4n) is 14.8. The van der Waals surface area contributed by atoms with Crippen LogP contribution in [0.3, 0.4) is 0 Å². The number of rotatable bonds is 6. The van der Waals surface area contributed by atoms with Crippen LogP contribution in [-0.2, 0) is 27.1 Å². The highest BCUT2D eigenvalue weighted by atomic mass is 15.2. The van der Waals surface area contributed by atoms with Crippen LogP contribution in [0.4, 0.5) is 34.1 Å². The minimum atomic E-state index is -0.172. The van der Waals surface area contributed by atoms with Crippen molar-refractivity contribution in [3.8, 4) is 22.3 Å². The lowest BCUT2D eigenvalue weighted by atomic mass is 9.33. The summed E-state index contributed by atoms with van der Waals surface area (Å²) in [6.45, 7) is 30.8. The zero-order chi connectivity index (χ0) is 57.3. The molecule has 2 nitrogen and oxygen atoms in total. The Hall–Kier alpha value is -7.62. The molecule has 0 saturated heterocycles. The Kier molecular flexibility index (Phi) is 12.6. The first-order valence-corrected chi connectivity index (χ1v) is 30.4. The molecule has 1 saturated carbocycles. The number of hydrogen-bond acceptors (Lipinski definition) is 2. The largest absolute Gasteiger partial charge is 0.311 e. The molecule has 4 aliphatic rings. The van der Waals surface area contributed by atoms with Crippen LogP contribution in [0, 0.1) is 5.41 Å². The standard InChI is InChI=1S/C79H81BN2/c1-74(2,3)56-33-37-61(38-34-56)81-69-46-52(45-64-62-39-35-59(76(7,8)9)49-65(62)79(57-29-21-16-22-30-57)44-24-23-43-78(64,79)13)31-40-66(69)80-67-41-32-55(53-25-17-14-18-26-53)47-70(67)82(72-51-60(77(10,11)12)50-71(81)73(72)80)68-42-36-58(75(4,5)6)48-63(68)54-27-19-15-20-28-54/h14-22,25-42,45-51H,23-24,43-44H2,1-13H3/b64-45+. The van der Waals surface area contributed by atoms with Crippen LogP contribution in [0.5, 0.6) is 0 Å². The number of allylic oxidation sites excluding steroid dienone is 1. The van der Waals surface area contributed by atoms with E-state index in [1.807, 2.05) is 0 Å². The highest BCUT2D eigenvalue weighted by molar-refractivity contribution is 7.00. The summed E-state index contributed by atoms with van der Waals surface area (Å²) in [6, 6.07) is 77.9. The second kappa shape index (κ2) is 19.2. The van der Waals surface area contributed by atoms with Gasteiger partial charge in [0, 0.05) is 44.8 Å². The second-order valence-corrected chi connectivity index (χ2v) is 28.8. The number of anilines is 6. The van der Waals surface area contributed by atoms with Crippen molar-refractivity contribution in [1.82, 2.24) is 0 Å². The lowest BCUT2D eigenvalue weighted by molar-refractivity contribution is 0.186. The third-order valence-electron chi connectivity index (χ3n) is 19.5. The van der Waals surface area contributed by atoms with Crippen molar-refractivity contribution >= 4 is 68.9 Å². The Morgan fingerprint density at radius 1 is 0.402 bits per heavy atom. The van der Waals surface area contributed by atoms with Crippen LogP contribution in [-0.4, -0.2) is 6.71 Å². The van der Waals surface area contributed by atoms with Crippen LogP contribution < -0.4 is 26.2 Å². The van der Waals surface area contributed by atoms with Crippen molar-refractivity contribution < 1.29 is 0 Å². The van der Waals surface area contributed by atoms with Crippen molar-refractivity contribution in [2.45, 2.75) is 143 Å². The number of nitrogens with zero attached hydrogens (tertiary/aromatic N) is 2. The predicted octanol–water partition coefficient (Wildman–Crippen LogP) is 19.7. The van der Waals surface area contributed by atoms with Crippen LogP contribution in [0.2, 0.25) is 0 Å². The predicted molar refractivity (Wildman–Crippen MR) is 354 cm³/mol. The summed E-state index contributed by atoms with van der Waals surface area (Å²) in [5.74, 6) is 0. The average molecular weight is 1070 g/mol. The lowest BCUT2D eigenvalue weighted by Gasteiger charge is -2.49. The maximum absolute atomic E-state index is 2.65. The van der Waals surface area contributed by atoms with E-state index in [0.717, 1.165) is 12.8 Å². The zero-order valence-electron chi connectivity index (χ0n) is 50.9. The topological polar surface area (TPSA) is 6.48 Å². The number of benzene rings is 9. The van der Waals surface area contributed by atoms with E-state index in [0.29, 0.717) is 0 Å². The molecule has 0 amide bonds. The van der Waals surface area contributed by atoms with E-state index in [9.17, 15) is 0 Å². The van der Waals surface area contributed by atoms with Crippen molar-refractivity contribution in [1.29, 1.82) is 0 Å². The summed E-state index contributed by atoms with van der Waals surface area (Å²) in [7, 11) is 0. The summed E-state index contributed by atoms with van der Waals surface area (Å²) in [4.78, 5) is 5.30. The second-order valence-electron chi connectivity index (χ2n) is 28.8. The van der Waals surface area contributed by atoms with Gasteiger partial charge in [-0.25, -0.2) is 0 Å². The number of hydrogen-bond donors (Lipinski definition) is 0. The van der Waals surface area contributed by atoms with Gasteiger partial charge >= 0.3 is 0 Å². The Balaban J connectivity index is 1.10. The minimum Gasteiger partial charge on any atom is -0.311 e. The van der Waals surface area contributed by atoms with Crippen LogP contribution in [0.25, 0.3) is 33.9 Å². The zero-order valence-corrected chi connectivity index (χ0v) is 50.9. The maximum atomic E-state index is 2.65. The molecule has 2 heterocycles. The molecule has 1 fully saturated rings. The summed E-state index contributed by atoms with van der Waals surface area (Å²) in [5.41, 5.74) is 28.1. The van der Waals surface area contributed by atoms with Crippen molar-refractivity contribution in [2.24, 2.45) is 5.41 Å². The van der Waals surface area contributed by atoms with Crippen molar-refractivity contribution in [3.63, 3.8) is 0 Å². The molecule has 3 heteroatoms. The highest BCUT2D eigenvalue weighted by Gasteiger charge is 2.59. The van der Waals surface area contributed by atoms with Gasteiger partial charge in [0.1, 0.15) is 0 Å². The van der Waals surface area contributed by atoms with Crippen LogP contribution in [0.1, 0.15) is 160 Å². The summed E-state index contributed by atoms with van der Waals surface area (Å²) >= 11 is 0. The summed E-state index contributed by atoms with van der Waals surface area (Å²) < 4.78 is 0. The normalized spacial score (nSPS) is 18.9. The molecule has 2 aliphatic carbocycles. The van der Waals surface area contributed by atoms with E-state index in [2.05, 4.69) is 306 Å². The Morgan fingerprint density at radius 3 is 1.57 bits per heavy atom. The molecule has 2 atom stereocenters. The molecule has 0 spiro atoms. The maximum Gasteiger partial charge on any atom is 0.252 e. The Bertz CT molecular complexity index is 3970. The van der Waals surface area contributed by atoms with Gasteiger partial charge in [-0.2, -0.15) is 0 Å². The van der Waals surface area contributed by atoms with Crippen molar-refractivity contribution in [3.05, 3.63) is 245 Å². The SMILES string of the molecule is CC(C)(C)c1ccc(N2c3cc(/C=C4\c5ccc(C(C)(C)C)cc5C5(c6ccccc6)CCCCC45C)ccc3B3c4ccc(-c5ccccc5)cc4N(c4ccc(C(C)(C)C)cc4-c4ccccc4)c4cc(C(C)(C)C)cc2c43)cc1. The monoisotopic (exact) mass is 1070 g/mol. The van der Waals surface area contributed by atoms with E-state index < -0.39 is 0 Å². The fourth-order valence-corrected chi connectivity index (χ4v) is 14.8. The first-order chi connectivity index (χ1) is 39.0. The highest BCUT2D eigenvalue weighted by Crippen LogP contribution is 2.68. The van der Waals surface area contributed by atoms with E-state index in [-0.39, 0.29) is 39.2 Å². The molecule has 0 bridgehead atoms. The smallest absolute Gasteiger partial charge is 0.252 e. The summed E-state index contributed by atoms with van der Waals surface area (Å²) in [5, 5.41) is 0. The molecule has 410 valence electrons. The van der Waals surface area contributed by atoms with E-state index in [1.54, 1.807) is 0 Å². The molecular formula is C79H81BN2. The van der Waals surface area contributed by atoms with Gasteiger partial charge in [0.25, 0.3) is 6.71 Å². The quantitative estimate of drug-likeness (QED) is 0.153. The van der Waals surface area contributed by atoms with Gasteiger partial charge in [0.2, 0.25) is 0 Å². The molecule has 0 radical (unpaired) electrons. The number of fused-ring (bicyclic) bond motifs is 7. The van der Waals surface area contributed by atoms with Gasteiger partial charge in [-0.05, 0) is 166 Å². The van der Waals surface area contributed by atoms with Crippen LogP contribution >= 0.6 is 0 Å². The van der Waals surface area contributed by atoms with Gasteiger partial charge in [0.15, 0.2) is 0 Å². The molecule has 2 aliphatic heterocycles. The lowest BCUT2D eigenvalue weighted by Crippen LogP contribution is -2.61. The molecular weight excluding hydrogens is 988 g/mol. The minimum absolute atomic E-state index is 0.00529. The third kappa shape index (κ3) is 8.66. The average Bonchev–Trinajstić information content (AvgIpc) is 2.44. The fraction of sp³-hybridized carbons (Fsp3) is 0.291. The third-order valence-corrected chi connectivity index (χ3v) is 19.5. The van der Waals surface area contributed by atoms with Crippen LogP contribution in [0.15, 0.2) is 200 Å². The first-order valence-electron chi connectivity index (χ1n) is 30.4. The van der Waals surface area contributed by atoms with Gasteiger partial charge < -0.3 is 9.80 Å². The molecule has 82 heavy (non-hydrogen) atoms. The molecule has 0 aromatic heterocycles. The van der Waals surface area contributed by atoms with Crippen molar-refractivity contribution in [2.75, 3.05) is 9.80 Å². The Morgan fingerprint density at radius 2 is 0.939 bits per heavy atom. The van der Waals surface area contributed by atoms with Gasteiger partial charge in [0.05, 0.1) is 5.69 Å². The van der Waals surface area contributed by atoms with E-state index in [4.69, 9.17) is 0 Å². The molecule has 9 aromatic carbocycles. The van der Waals surface area contributed by atoms with E-state index >= 15 is 0 Å². The van der Waals surface area contributed by atoms with Gasteiger partial charge in [-0.1, -0.05) is 261 Å². The van der Waals surface area contributed by atoms with Gasteiger partial charge in [-0.15, -0.1) is 0 Å². The molecule has 13 rings (SSSR count). The van der Waals surface area contributed by atoms with Gasteiger partial charge in [-0.3, -0.25) is 0 Å². The molecule has 0 N–H and O–H groups in total.